The molecule has 1 fully saturated rings. The molecule has 1 aliphatic heterocycles. The first-order valence-electron chi connectivity index (χ1n) is 10.4. The van der Waals surface area contributed by atoms with Crippen molar-refractivity contribution in [3.63, 3.8) is 0 Å². The molecule has 0 saturated carbocycles. The Bertz CT molecular complexity index is 1170. The van der Waals surface area contributed by atoms with E-state index < -0.39 is 10.0 Å². The average molecular weight is 474 g/mol. The summed E-state index contributed by atoms with van der Waals surface area (Å²) in [5, 5.41) is 2.98. The summed E-state index contributed by atoms with van der Waals surface area (Å²) >= 11 is 1.59. The van der Waals surface area contributed by atoms with E-state index >= 15 is 0 Å². The second-order valence-electron chi connectivity index (χ2n) is 7.69. The lowest BCUT2D eigenvalue weighted by atomic mass is 10.1. The van der Waals surface area contributed by atoms with Crippen molar-refractivity contribution >= 4 is 26.5 Å². The van der Waals surface area contributed by atoms with Crippen molar-refractivity contribution in [3.8, 4) is 11.5 Å². The van der Waals surface area contributed by atoms with Gasteiger partial charge in [0.25, 0.3) is 0 Å². The van der Waals surface area contributed by atoms with Crippen molar-refractivity contribution in [2.45, 2.75) is 18.2 Å². The molecule has 32 heavy (non-hydrogen) atoms. The lowest BCUT2D eigenvalue weighted by molar-refractivity contribution is 0.354. The number of methoxy groups -OCH3 is 2. The Morgan fingerprint density at radius 3 is 2.31 bits per heavy atom. The van der Waals surface area contributed by atoms with Gasteiger partial charge >= 0.3 is 0 Å². The SMILES string of the molecule is COc1ccc(Cc2csc(N3CCN(S(=O)(=O)c4ccc(C)cc4)CC3)n2)cc1OC. The highest BCUT2D eigenvalue weighted by Crippen LogP contribution is 2.30. The molecule has 1 aliphatic rings. The predicted molar refractivity (Wildman–Crippen MR) is 127 cm³/mol. The number of hydrogen-bond donors (Lipinski definition) is 0. The molecule has 9 heteroatoms. The third-order valence-electron chi connectivity index (χ3n) is 5.54. The van der Waals surface area contributed by atoms with Crippen molar-refractivity contribution in [1.29, 1.82) is 0 Å². The fourth-order valence-corrected chi connectivity index (χ4v) is 6.00. The minimum atomic E-state index is -3.46. The van der Waals surface area contributed by atoms with Crippen LogP contribution in [-0.4, -0.2) is 58.1 Å². The first kappa shape index (κ1) is 22.6. The molecule has 170 valence electrons. The number of thiazole rings is 1. The maximum atomic E-state index is 12.9. The summed E-state index contributed by atoms with van der Waals surface area (Å²) in [6.07, 6.45) is 0.693. The van der Waals surface area contributed by atoms with Gasteiger partial charge in [-0.1, -0.05) is 23.8 Å². The monoisotopic (exact) mass is 473 g/mol. The number of aryl methyl sites for hydroxylation is 1. The van der Waals surface area contributed by atoms with E-state index in [2.05, 4.69) is 10.3 Å². The van der Waals surface area contributed by atoms with Crippen LogP contribution in [0.25, 0.3) is 0 Å². The van der Waals surface area contributed by atoms with Crippen molar-refractivity contribution in [2.75, 3.05) is 45.3 Å². The molecule has 1 saturated heterocycles. The van der Waals surface area contributed by atoms with Crippen LogP contribution in [0.4, 0.5) is 5.13 Å². The van der Waals surface area contributed by atoms with Gasteiger partial charge in [-0.05, 0) is 36.8 Å². The molecule has 4 rings (SSSR count). The van der Waals surface area contributed by atoms with E-state index in [1.165, 1.54) is 0 Å². The molecule has 7 nitrogen and oxygen atoms in total. The second kappa shape index (κ2) is 9.48. The van der Waals surface area contributed by atoms with Crippen LogP contribution in [0.1, 0.15) is 16.8 Å². The molecule has 0 atom stereocenters. The Morgan fingerprint density at radius 1 is 0.969 bits per heavy atom. The summed E-state index contributed by atoms with van der Waals surface area (Å²) < 4.78 is 38.1. The van der Waals surface area contributed by atoms with Gasteiger partial charge in [0.15, 0.2) is 16.6 Å². The number of benzene rings is 2. The van der Waals surface area contributed by atoms with Crippen LogP contribution in [0.15, 0.2) is 52.7 Å². The normalized spacial score (nSPS) is 15.0. The van der Waals surface area contributed by atoms with Crippen molar-refractivity contribution in [3.05, 3.63) is 64.7 Å². The minimum absolute atomic E-state index is 0.350. The van der Waals surface area contributed by atoms with Gasteiger partial charge in [0.2, 0.25) is 10.0 Å². The highest BCUT2D eigenvalue weighted by molar-refractivity contribution is 7.89. The standard InChI is InChI=1S/C23H27N3O4S2/c1-17-4-7-20(8-5-17)32(27,28)26-12-10-25(11-13-26)23-24-19(16-31-23)14-18-6-9-21(29-2)22(15-18)30-3/h4-9,15-16H,10-14H2,1-3H3. The molecular weight excluding hydrogens is 446 g/mol. The summed E-state index contributed by atoms with van der Waals surface area (Å²) in [4.78, 5) is 7.29. The molecule has 0 radical (unpaired) electrons. The average Bonchev–Trinajstić information content (AvgIpc) is 3.28. The maximum absolute atomic E-state index is 12.9. The van der Waals surface area contributed by atoms with Crippen LogP contribution in [0.3, 0.4) is 0 Å². The molecule has 0 amide bonds. The molecule has 2 heterocycles. The first-order valence-corrected chi connectivity index (χ1v) is 12.7. The minimum Gasteiger partial charge on any atom is -0.493 e. The highest BCUT2D eigenvalue weighted by Gasteiger charge is 2.29. The van der Waals surface area contributed by atoms with Gasteiger partial charge in [-0.25, -0.2) is 13.4 Å². The zero-order chi connectivity index (χ0) is 22.7. The van der Waals surface area contributed by atoms with Gasteiger partial charge in [-0.3, -0.25) is 0 Å². The number of piperazine rings is 1. The molecule has 2 aromatic carbocycles. The van der Waals surface area contributed by atoms with E-state index in [0.717, 1.165) is 22.0 Å². The topological polar surface area (TPSA) is 72.0 Å². The van der Waals surface area contributed by atoms with Crippen LogP contribution in [-0.2, 0) is 16.4 Å². The number of nitrogens with zero attached hydrogens (tertiary/aromatic N) is 3. The summed E-state index contributed by atoms with van der Waals surface area (Å²) in [5.74, 6) is 1.40. The zero-order valence-corrected chi connectivity index (χ0v) is 20.1. The second-order valence-corrected chi connectivity index (χ2v) is 10.5. The largest absolute Gasteiger partial charge is 0.493 e. The fraction of sp³-hybridized carbons (Fsp3) is 0.348. The fourth-order valence-electron chi connectivity index (χ4n) is 3.70. The van der Waals surface area contributed by atoms with E-state index in [1.807, 2.05) is 37.3 Å². The molecule has 0 aliphatic carbocycles. The van der Waals surface area contributed by atoms with E-state index in [4.69, 9.17) is 14.5 Å². The van der Waals surface area contributed by atoms with E-state index in [1.54, 1.807) is 42.0 Å². The lowest BCUT2D eigenvalue weighted by Crippen LogP contribution is -2.48. The molecule has 1 aromatic heterocycles. The van der Waals surface area contributed by atoms with Crippen LogP contribution in [0, 0.1) is 6.92 Å². The Balaban J connectivity index is 1.39. The quantitative estimate of drug-likeness (QED) is 0.522. The molecule has 0 spiro atoms. The van der Waals surface area contributed by atoms with Crippen LogP contribution >= 0.6 is 11.3 Å². The van der Waals surface area contributed by atoms with Gasteiger partial charge < -0.3 is 14.4 Å². The third kappa shape index (κ3) is 4.74. The Kier molecular flexibility index (Phi) is 6.68. The number of ether oxygens (including phenoxy) is 2. The van der Waals surface area contributed by atoms with Crippen LogP contribution < -0.4 is 14.4 Å². The molecule has 0 unspecified atom stereocenters. The van der Waals surface area contributed by atoms with Crippen molar-refractivity contribution in [2.24, 2.45) is 0 Å². The lowest BCUT2D eigenvalue weighted by Gasteiger charge is -2.33. The highest BCUT2D eigenvalue weighted by atomic mass is 32.2. The number of anilines is 1. The number of aromatic nitrogens is 1. The smallest absolute Gasteiger partial charge is 0.243 e. The van der Waals surface area contributed by atoms with Crippen molar-refractivity contribution in [1.82, 2.24) is 9.29 Å². The maximum Gasteiger partial charge on any atom is 0.243 e. The molecule has 0 bridgehead atoms. The molecule has 0 N–H and O–H groups in total. The summed E-state index contributed by atoms with van der Waals surface area (Å²) in [6, 6.07) is 12.9. The van der Waals surface area contributed by atoms with Gasteiger partial charge in [0.1, 0.15) is 0 Å². The Hall–Kier alpha value is -2.62. The zero-order valence-electron chi connectivity index (χ0n) is 18.4. The van der Waals surface area contributed by atoms with Gasteiger partial charge in [0, 0.05) is 38.0 Å². The number of sulfonamides is 1. The summed E-state index contributed by atoms with van der Waals surface area (Å²) in [7, 11) is -0.217. The van der Waals surface area contributed by atoms with Crippen molar-refractivity contribution < 1.29 is 17.9 Å². The predicted octanol–water partition coefficient (Wildman–Crippen LogP) is 3.57. The first-order chi connectivity index (χ1) is 15.4. The van der Waals surface area contributed by atoms with Crippen LogP contribution in [0.2, 0.25) is 0 Å². The number of hydrogen-bond acceptors (Lipinski definition) is 7. The van der Waals surface area contributed by atoms with Gasteiger partial charge in [-0.15, -0.1) is 11.3 Å². The molecule has 3 aromatic rings. The van der Waals surface area contributed by atoms with Gasteiger partial charge in [-0.2, -0.15) is 4.31 Å². The molecular formula is C23H27N3O4S2. The third-order valence-corrected chi connectivity index (χ3v) is 8.40. The van der Waals surface area contributed by atoms with Gasteiger partial charge in [0.05, 0.1) is 24.8 Å². The van der Waals surface area contributed by atoms with Crippen LogP contribution in [0.5, 0.6) is 11.5 Å². The Morgan fingerprint density at radius 2 is 1.66 bits per heavy atom. The summed E-state index contributed by atoms with van der Waals surface area (Å²) in [5.41, 5.74) is 3.11. The van der Waals surface area contributed by atoms with E-state index in [-0.39, 0.29) is 0 Å². The Labute approximate surface area is 193 Å². The van der Waals surface area contributed by atoms with E-state index in [9.17, 15) is 8.42 Å². The summed E-state index contributed by atoms with van der Waals surface area (Å²) in [6.45, 7) is 4.08. The van der Waals surface area contributed by atoms with E-state index in [0.29, 0.717) is 49.0 Å². The number of rotatable bonds is 7.